The number of benzene rings is 1. The highest BCUT2D eigenvalue weighted by Crippen LogP contribution is 2.37. The Balaban J connectivity index is 1.63. The average Bonchev–Trinajstić information content (AvgIpc) is 3.23. The van der Waals surface area contributed by atoms with Gasteiger partial charge in [-0.25, -0.2) is 9.78 Å². The first-order valence-electron chi connectivity index (χ1n) is 11.5. The van der Waals surface area contributed by atoms with E-state index in [1.807, 2.05) is 6.92 Å². The Morgan fingerprint density at radius 3 is 2.56 bits per heavy atom. The lowest BCUT2D eigenvalue weighted by atomic mass is 9.95. The van der Waals surface area contributed by atoms with Crippen molar-refractivity contribution in [1.29, 1.82) is 0 Å². The van der Waals surface area contributed by atoms with E-state index in [4.69, 9.17) is 18.6 Å². The lowest BCUT2D eigenvalue weighted by Crippen LogP contribution is -2.34. The fraction of sp³-hybridized carbons (Fsp3) is 0.583. The van der Waals surface area contributed by atoms with Crippen molar-refractivity contribution in [3.63, 3.8) is 0 Å². The standard InChI is InChI=1S/C24H30F3NO6/c1-3-20-19(28-22(34-20)17-10-5-6-11-18(17)24(25,26)27)13-32-15-8-7-9-16(12-15)33-14-21(23(29)30)31-4-2/h5-6,10-11,15-16,21H,3-4,7-9,12-14H2,1-2H3,(H,29,30). The molecular weight excluding hydrogens is 455 g/mol. The molecule has 188 valence electrons. The maximum absolute atomic E-state index is 13.4. The van der Waals surface area contributed by atoms with Crippen molar-refractivity contribution >= 4 is 5.97 Å². The zero-order valence-electron chi connectivity index (χ0n) is 19.3. The molecule has 3 atom stereocenters. The number of carbonyl (C=O) groups is 1. The Morgan fingerprint density at radius 1 is 1.21 bits per heavy atom. The van der Waals surface area contributed by atoms with Crippen molar-refractivity contribution in [3.8, 4) is 11.5 Å². The van der Waals surface area contributed by atoms with Crippen LogP contribution in [0.25, 0.3) is 11.5 Å². The van der Waals surface area contributed by atoms with Gasteiger partial charge in [0.05, 0.1) is 31.0 Å². The second kappa shape index (κ2) is 11.8. The number of carboxylic acids is 1. The minimum absolute atomic E-state index is 0.0359. The predicted molar refractivity (Wildman–Crippen MR) is 116 cm³/mol. The van der Waals surface area contributed by atoms with Gasteiger partial charge in [-0.2, -0.15) is 13.2 Å². The van der Waals surface area contributed by atoms with Crippen LogP contribution in [-0.4, -0.2) is 47.6 Å². The van der Waals surface area contributed by atoms with E-state index in [-0.39, 0.29) is 43.5 Å². The van der Waals surface area contributed by atoms with Crippen molar-refractivity contribution in [2.75, 3.05) is 13.2 Å². The molecule has 1 N–H and O–H groups in total. The van der Waals surface area contributed by atoms with Crippen molar-refractivity contribution in [3.05, 3.63) is 41.3 Å². The third kappa shape index (κ3) is 6.80. The summed E-state index contributed by atoms with van der Waals surface area (Å²) in [7, 11) is 0. The van der Waals surface area contributed by atoms with Gasteiger partial charge in [0, 0.05) is 18.6 Å². The van der Waals surface area contributed by atoms with Crippen molar-refractivity contribution in [2.45, 2.75) is 77.0 Å². The molecule has 0 aliphatic heterocycles. The Bertz CT molecular complexity index is 945. The quantitative estimate of drug-likeness (QED) is 0.464. The van der Waals surface area contributed by atoms with Gasteiger partial charge < -0.3 is 23.7 Å². The number of aryl methyl sites for hydroxylation is 1. The Labute approximate surface area is 196 Å². The number of oxazole rings is 1. The van der Waals surface area contributed by atoms with Crippen LogP contribution in [0.2, 0.25) is 0 Å². The molecule has 0 amide bonds. The van der Waals surface area contributed by atoms with E-state index in [0.717, 1.165) is 25.3 Å². The average molecular weight is 485 g/mol. The van der Waals surface area contributed by atoms with Crippen molar-refractivity contribution in [1.82, 2.24) is 4.98 Å². The van der Waals surface area contributed by atoms with Crippen LogP contribution in [0.5, 0.6) is 0 Å². The largest absolute Gasteiger partial charge is 0.479 e. The third-order valence-corrected chi connectivity index (χ3v) is 5.72. The van der Waals surface area contributed by atoms with Crippen LogP contribution < -0.4 is 0 Å². The Hall–Kier alpha value is -2.43. The van der Waals surface area contributed by atoms with E-state index in [1.165, 1.54) is 18.2 Å². The molecule has 7 nitrogen and oxygen atoms in total. The molecule has 1 saturated carbocycles. The number of hydrogen-bond acceptors (Lipinski definition) is 6. The van der Waals surface area contributed by atoms with Gasteiger partial charge >= 0.3 is 12.1 Å². The summed E-state index contributed by atoms with van der Waals surface area (Å²) in [6.45, 7) is 3.91. The molecule has 1 aromatic heterocycles. The number of aromatic nitrogens is 1. The highest BCUT2D eigenvalue weighted by atomic mass is 19.4. The topological polar surface area (TPSA) is 91.0 Å². The van der Waals surface area contributed by atoms with Gasteiger partial charge in [0.1, 0.15) is 11.5 Å². The third-order valence-electron chi connectivity index (χ3n) is 5.72. The first-order valence-corrected chi connectivity index (χ1v) is 11.5. The highest BCUT2D eigenvalue weighted by Gasteiger charge is 2.35. The molecule has 3 unspecified atom stereocenters. The number of halogens is 3. The molecule has 0 saturated heterocycles. The molecule has 0 spiro atoms. The van der Waals surface area contributed by atoms with E-state index in [2.05, 4.69) is 4.98 Å². The highest BCUT2D eigenvalue weighted by molar-refractivity contribution is 5.72. The van der Waals surface area contributed by atoms with Gasteiger partial charge in [0.2, 0.25) is 5.89 Å². The second-order valence-corrected chi connectivity index (χ2v) is 8.12. The first-order chi connectivity index (χ1) is 16.2. The zero-order chi connectivity index (χ0) is 24.7. The summed E-state index contributed by atoms with van der Waals surface area (Å²) in [5.74, 6) is -0.660. The van der Waals surface area contributed by atoms with E-state index >= 15 is 0 Å². The number of nitrogens with zero attached hydrogens (tertiary/aromatic N) is 1. The molecule has 34 heavy (non-hydrogen) atoms. The molecule has 0 radical (unpaired) electrons. The lowest BCUT2D eigenvalue weighted by Gasteiger charge is -2.29. The zero-order valence-corrected chi connectivity index (χ0v) is 19.3. The SMILES string of the molecule is CCOC(COC1CCCC(OCc2nc(-c3ccccc3C(F)(F)F)oc2CC)C1)C(=O)O. The molecule has 1 fully saturated rings. The summed E-state index contributed by atoms with van der Waals surface area (Å²) >= 11 is 0. The molecular formula is C24H30F3NO6. The summed E-state index contributed by atoms with van der Waals surface area (Å²) in [5, 5.41) is 9.18. The maximum Gasteiger partial charge on any atom is 0.417 e. The molecule has 1 heterocycles. The van der Waals surface area contributed by atoms with Gasteiger partial charge in [-0.3, -0.25) is 0 Å². The molecule has 1 aromatic carbocycles. The van der Waals surface area contributed by atoms with Gasteiger partial charge in [-0.1, -0.05) is 19.1 Å². The molecule has 0 bridgehead atoms. The molecule has 10 heteroatoms. The molecule has 1 aliphatic carbocycles. The summed E-state index contributed by atoms with van der Waals surface area (Å²) < 4.78 is 62.8. The van der Waals surface area contributed by atoms with E-state index in [0.29, 0.717) is 24.3 Å². The summed E-state index contributed by atoms with van der Waals surface area (Å²) in [6, 6.07) is 5.19. The van der Waals surface area contributed by atoms with Crippen LogP contribution >= 0.6 is 0 Å². The van der Waals surface area contributed by atoms with Crippen molar-refractivity contribution in [2.24, 2.45) is 0 Å². The van der Waals surface area contributed by atoms with Gasteiger partial charge in [0.25, 0.3) is 0 Å². The van der Waals surface area contributed by atoms with Crippen molar-refractivity contribution < 1.29 is 41.7 Å². The fourth-order valence-electron chi connectivity index (χ4n) is 4.02. The monoisotopic (exact) mass is 485 g/mol. The van der Waals surface area contributed by atoms with Gasteiger partial charge in [-0.15, -0.1) is 0 Å². The van der Waals surface area contributed by atoms with Gasteiger partial charge in [0.15, 0.2) is 6.10 Å². The Morgan fingerprint density at radius 2 is 1.91 bits per heavy atom. The van der Waals surface area contributed by atoms with Crippen LogP contribution in [0.1, 0.15) is 56.5 Å². The Kier molecular flexibility index (Phi) is 9.10. The predicted octanol–water partition coefficient (Wildman–Crippen LogP) is 5.26. The van der Waals surface area contributed by atoms with Crippen LogP contribution in [0.3, 0.4) is 0 Å². The first kappa shape index (κ1) is 26.2. The number of rotatable bonds is 11. The molecule has 1 aliphatic rings. The summed E-state index contributed by atoms with van der Waals surface area (Å²) in [4.78, 5) is 15.5. The summed E-state index contributed by atoms with van der Waals surface area (Å²) in [6.07, 6.45) is -2.33. The molecule has 2 aromatic rings. The van der Waals surface area contributed by atoms with Crippen LogP contribution in [0, 0.1) is 0 Å². The minimum atomic E-state index is -4.52. The smallest absolute Gasteiger partial charge is 0.417 e. The second-order valence-electron chi connectivity index (χ2n) is 8.12. The minimum Gasteiger partial charge on any atom is -0.479 e. The normalized spacial score (nSPS) is 19.8. The number of hydrogen-bond donors (Lipinski definition) is 1. The fourth-order valence-corrected chi connectivity index (χ4v) is 4.02. The maximum atomic E-state index is 13.4. The van der Waals surface area contributed by atoms with E-state index in [9.17, 15) is 23.1 Å². The van der Waals surface area contributed by atoms with E-state index in [1.54, 1.807) is 6.92 Å². The number of carboxylic acid groups (broad SMARTS) is 1. The van der Waals surface area contributed by atoms with Crippen LogP contribution in [-0.2, 0) is 38.2 Å². The lowest BCUT2D eigenvalue weighted by molar-refractivity contribution is -0.157. The van der Waals surface area contributed by atoms with Crippen LogP contribution in [0.4, 0.5) is 13.2 Å². The van der Waals surface area contributed by atoms with Crippen LogP contribution in [0.15, 0.2) is 28.7 Å². The number of alkyl halides is 3. The summed E-state index contributed by atoms with van der Waals surface area (Å²) in [5.41, 5.74) is -0.436. The number of aliphatic carboxylic acids is 1. The molecule has 3 rings (SSSR count). The van der Waals surface area contributed by atoms with E-state index < -0.39 is 23.8 Å². The number of ether oxygens (including phenoxy) is 3. The van der Waals surface area contributed by atoms with Gasteiger partial charge in [-0.05, 0) is 44.7 Å².